The average molecular weight is 238 g/mol. The number of hydrogen-bond acceptors (Lipinski definition) is 3. The van der Waals surface area contributed by atoms with E-state index in [1.54, 1.807) is 13.3 Å². The number of ether oxygens (including phenoxy) is 1. The lowest BCUT2D eigenvalue weighted by molar-refractivity contribution is 0.100. The monoisotopic (exact) mass is 237 g/mol. The highest BCUT2D eigenvalue weighted by atomic mass is 35.5. The van der Waals surface area contributed by atoms with Crippen molar-refractivity contribution in [3.8, 4) is 11.5 Å². The summed E-state index contributed by atoms with van der Waals surface area (Å²) in [4.78, 5) is 4.19. The Kier molecular flexibility index (Phi) is 3.27. The van der Waals surface area contributed by atoms with Crippen LogP contribution in [0.2, 0.25) is 5.02 Å². The van der Waals surface area contributed by atoms with Crippen molar-refractivity contribution in [3.63, 3.8) is 0 Å². The number of oxazole rings is 1. The van der Waals surface area contributed by atoms with Crippen molar-refractivity contribution in [1.82, 2.24) is 4.98 Å². The Hall–Kier alpha value is -1.32. The first-order chi connectivity index (χ1) is 7.70. The predicted molar refractivity (Wildman–Crippen MR) is 62.4 cm³/mol. The van der Waals surface area contributed by atoms with E-state index in [4.69, 9.17) is 20.8 Å². The van der Waals surface area contributed by atoms with Crippen molar-refractivity contribution in [3.05, 3.63) is 41.2 Å². The molecule has 0 spiro atoms. The number of nitrogens with zero attached hydrogens (tertiary/aromatic N) is 1. The number of hydrogen-bond donors (Lipinski definition) is 0. The maximum absolute atomic E-state index is 5.90. The third-order valence-corrected chi connectivity index (χ3v) is 2.58. The molecule has 0 aliphatic rings. The highest BCUT2D eigenvalue weighted by Crippen LogP contribution is 2.25. The number of halogens is 1. The molecule has 2 rings (SSSR count). The van der Waals surface area contributed by atoms with Crippen LogP contribution in [0, 0.1) is 0 Å². The molecule has 16 heavy (non-hydrogen) atoms. The van der Waals surface area contributed by atoms with Crippen LogP contribution in [0.1, 0.15) is 18.8 Å². The number of rotatable bonds is 3. The van der Waals surface area contributed by atoms with Gasteiger partial charge in [0.25, 0.3) is 0 Å². The van der Waals surface area contributed by atoms with Crippen LogP contribution in [0.25, 0.3) is 11.5 Å². The van der Waals surface area contributed by atoms with Crippen molar-refractivity contribution in [1.29, 1.82) is 0 Å². The molecule has 3 nitrogen and oxygen atoms in total. The van der Waals surface area contributed by atoms with Crippen molar-refractivity contribution in [2.24, 2.45) is 0 Å². The van der Waals surface area contributed by atoms with Gasteiger partial charge in [-0.3, -0.25) is 0 Å². The lowest BCUT2D eigenvalue weighted by atomic mass is 10.2. The van der Waals surface area contributed by atoms with Crippen molar-refractivity contribution < 1.29 is 9.15 Å². The molecule has 1 aromatic heterocycles. The van der Waals surface area contributed by atoms with Crippen molar-refractivity contribution in [2.45, 2.75) is 13.0 Å². The molecule has 0 N–H and O–H groups in total. The van der Waals surface area contributed by atoms with Crippen LogP contribution in [0.3, 0.4) is 0 Å². The van der Waals surface area contributed by atoms with Gasteiger partial charge in [0, 0.05) is 17.7 Å². The van der Waals surface area contributed by atoms with Gasteiger partial charge >= 0.3 is 0 Å². The van der Waals surface area contributed by atoms with Gasteiger partial charge in [-0.15, -0.1) is 0 Å². The third kappa shape index (κ3) is 2.26. The maximum atomic E-state index is 5.90. The molecule has 0 amide bonds. The zero-order chi connectivity index (χ0) is 11.5. The van der Waals surface area contributed by atoms with E-state index in [0.717, 1.165) is 5.56 Å². The molecule has 0 aliphatic carbocycles. The van der Waals surface area contributed by atoms with E-state index in [1.165, 1.54) is 0 Å². The summed E-state index contributed by atoms with van der Waals surface area (Å²) in [6.45, 7) is 1.91. The number of aromatic nitrogens is 1. The average Bonchev–Trinajstić information content (AvgIpc) is 2.77. The summed E-state index contributed by atoms with van der Waals surface area (Å²) in [5, 5.41) is 0.664. The van der Waals surface area contributed by atoms with Crippen molar-refractivity contribution in [2.75, 3.05) is 7.11 Å². The highest BCUT2D eigenvalue weighted by molar-refractivity contribution is 6.30. The highest BCUT2D eigenvalue weighted by Gasteiger charge is 2.11. The second-order valence-electron chi connectivity index (χ2n) is 3.46. The Morgan fingerprint density at radius 3 is 2.94 bits per heavy atom. The van der Waals surface area contributed by atoms with Crippen LogP contribution in [0.5, 0.6) is 0 Å². The van der Waals surface area contributed by atoms with Gasteiger partial charge in [0.05, 0.1) is 6.20 Å². The summed E-state index contributed by atoms with van der Waals surface area (Å²) < 4.78 is 10.7. The SMILES string of the molecule is COC(C)c1cnc(-c2cccc(Cl)c2)o1. The lowest BCUT2D eigenvalue weighted by Crippen LogP contribution is -1.92. The minimum absolute atomic E-state index is 0.0968. The quantitative estimate of drug-likeness (QED) is 0.817. The van der Waals surface area contributed by atoms with E-state index in [-0.39, 0.29) is 6.10 Å². The van der Waals surface area contributed by atoms with E-state index < -0.39 is 0 Å². The van der Waals surface area contributed by atoms with Gasteiger partial charge in [0.1, 0.15) is 6.10 Å². The van der Waals surface area contributed by atoms with Crippen molar-refractivity contribution >= 4 is 11.6 Å². The zero-order valence-electron chi connectivity index (χ0n) is 9.11. The molecule has 2 aromatic rings. The summed E-state index contributed by atoms with van der Waals surface area (Å²) in [6, 6.07) is 7.39. The normalized spacial score (nSPS) is 12.7. The molecular formula is C12H12ClNO2. The lowest BCUT2D eigenvalue weighted by Gasteiger charge is -2.03. The molecule has 1 atom stereocenters. The molecular weight excluding hydrogens is 226 g/mol. The molecule has 84 valence electrons. The Balaban J connectivity index is 2.31. The van der Waals surface area contributed by atoms with E-state index in [0.29, 0.717) is 16.7 Å². The van der Waals surface area contributed by atoms with E-state index in [2.05, 4.69) is 4.98 Å². The molecule has 4 heteroatoms. The van der Waals surface area contributed by atoms with Crippen LogP contribution in [0.4, 0.5) is 0 Å². The summed E-state index contributed by atoms with van der Waals surface area (Å²) >= 11 is 5.90. The Morgan fingerprint density at radius 1 is 1.44 bits per heavy atom. The van der Waals surface area contributed by atoms with Gasteiger partial charge in [-0.05, 0) is 25.1 Å². The molecule has 0 fully saturated rings. The maximum Gasteiger partial charge on any atom is 0.226 e. The molecule has 1 heterocycles. The first-order valence-corrected chi connectivity index (χ1v) is 5.33. The topological polar surface area (TPSA) is 35.3 Å². The summed E-state index contributed by atoms with van der Waals surface area (Å²) in [5.41, 5.74) is 0.863. The first-order valence-electron chi connectivity index (χ1n) is 4.95. The van der Waals surface area contributed by atoms with E-state index >= 15 is 0 Å². The van der Waals surface area contributed by atoms with Gasteiger partial charge in [-0.2, -0.15) is 0 Å². The van der Waals surface area contributed by atoms with Crippen LogP contribution >= 0.6 is 11.6 Å². The number of benzene rings is 1. The van der Waals surface area contributed by atoms with E-state index in [1.807, 2.05) is 31.2 Å². The summed E-state index contributed by atoms with van der Waals surface area (Å²) in [5.74, 6) is 1.26. The molecule has 0 bridgehead atoms. The van der Waals surface area contributed by atoms with Gasteiger partial charge < -0.3 is 9.15 Å². The van der Waals surface area contributed by atoms with Gasteiger partial charge in [0.2, 0.25) is 5.89 Å². The zero-order valence-corrected chi connectivity index (χ0v) is 9.86. The molecule has 1 aromatic carbocycles. The second-order valence-corrected chi connectivity index (χ2v) is 3.89. The van der Waals surface area contributed by atoms with Crippen LogP contribution < -0.4 is 0 Å². The van der Waals surface area contributed by atoms with Crippen LogP contribution in [-0.4, -0.2) is 12.1 Å². The molecule has 0 saturated heterocycles. The fourth-order valence-corrected chi connectivity index (χ4v) is 1.54. The van der Waals surface area contributed by atoms with Crippen LogP contribution in [-0.2, 0) is 4.74 Å². The van der Waals surface area contributed by atoms with Crippen LogP contribution in [0.15, 0.2) is 34.9 Å². The smallest absolute Gasteiger partial charge is 0.226 e. The molecule has 1 unspecified atom stereocenters. The first kappa shape index (κ1) is 11.2. The fraction of sp³-hybridized carbons (Fsp3) is 0.250. The standard InChI is InChI=1S/C12H12ClNO2/c1-8(15-2)11-7-14-12(16-11)9-4-3-5-10(13)6-9/h3-8H,1-2H3. The molecule has 0 saturated carbocycles. The second kappa shape index (κ2) is 4.68. The minimum atomic E-state index is -0.0968. The molecule has 0 radical (unpaired) electrons. The van der Waals surface area contributed by atoms with Gasteiger partial charge in [0.15, 0.2) is 5.76 Å². The van der Waals surface area contributed by atoms with Gasteiger partial charge in [-0.1, -0.05) is 17.7 Å². The summed E-state index contributed by atoms with van der Waals surface area (Å²) in [7, 11) is 1.63. The largest absolute Gasteiger partial charge is 0.438 e. The summed E-state index contributed by atoms with van der Waals surface area (Å²) in [6.07, 6.45) is 1.57. The Morgan fingerprint density at radius 2 is 2.25 bits per heavy atom. The minimum Gasteiger partial charge on any atom is -0.438 e. The van der Waals surface area contributed by atoms with Gasteiger partial charge in [-0.25, -0.2) is 4.98 Å². The predicted octanol–water partition coefficient (Wildman–Crippen LogP) is 3.70. The van der Waals surface area contributed by atoms with E-state index in [9.17, 15) is 0 Å². The molecule has 0 aliphatic heterocycles. The third-order valence-electron chi connectivity index (χ3n) is 2.35. The Labute approximate surface area is 99.0 Å². The Bertz CT molecular complexity index is 481. The number of methoxy groups -OCH3 is 1. The fourth-order valence-electron chi connectivity index (χ4n) is 1.35.